The summed E-state index contributed by atoms with van der Waals surface area (Å²) in [5.74, 6) is -0.734. The predicted octanol–water partition coefficient (Wildman–Crippen LogP) is 3.14. The molecular formula is C18H25NO3. The molecule has 0 bridgehead atoms. The van der Waals surface area contributed by atoms with Gasteiger partial charge in [0.25, 0.3) is 0 Å². The van der Waals surface area contributed by atoms with Crippen LogP contribution in [0.3, 0.4) is 0 Å². The number of amides is 1. The van der Waals surface area contributed by atoms with E-state index in [1.54, 1.807) is 13.8 Å². The van der Waals surface area contributed by atoms with Gasteiger partial charge in [0.05, 0.1) is 5.92 Å². The number of nitrogens with one attached hydrogen (secondary N) is 1. The van der Waals surface area contributed by atoms with Crippen LogP contribution in [0, 0.1) is 11.8 Å². The number of hydrogen-bond acceptors (Lipinski definition) is 2. The summed E-state index contributed by atoms with van der Waals surface area (Å²) in [7, 11) is 0. The molecule has 1 saturated carbocycles. The van der Waals surface area contributed by atoms with E-state index in [1.807, 2.05) is 0 Å². The van der Waals surface area contributed by atoms with Crippen molar-refractivity contribution in [2.24, 2.45) is 11.8 Å². The van der Waals surface area contributed by atoms with Crippen molar-refractivity contribution in [1.82, 2.24) is 5.32 Å². The minimum absolute atomic E-state index is 0.0201. The molecule has 0 aliphatic heterocycles. The van der Waals surface area contributed by atoms with Gasteiger partial charge in [0, 0.05) is 12.0 Å². The highest BCUT2D eigenvalue weighted by molar-refractivity contribution is 5.83. The Kier molecular flexibility index (Phi) is 4.89. The second-order valence-corrected chi connectivity index (χ2v) is 6.69. The molecule has 0 heterocycles. The smallest absolute Gasteiger partial charge is 0.308 e. The largest absolute Gasteiger partial charge is 0.481 e. The van der Waals surface area contributed by atoms with Crippen LogP contribution in [0.4, 0.5) is 0 Å². The van der Waals surface area contributed by atoms with Crippen LogP contribution in [0.5, 0.6) is 0 Å². The van der Waals surface area contributed by atoms with E-state index in [1.165, 1.54) is 11.1 Å². The topological polar surface area (TPSA) is 66.4 Å². The van der Waals surface area contributed by atoms with Gasteiger partial charge in [0.2, 0.25) is 5.91 Å². The lowest BCUT2D eigenvalue weighted by Crippen LogP contribution is -2.40. The fraction of sp³-hybridized carbons (Fsp3) is 0.556. The van der Waals surface area contributed by atoms with Gasteiger partial charge < -0.3 is 10.4 Å². The van der Waals surface area contributed by atoms with Gasteiger partial charge in [0.15, 0.2) is 0 Å². The monoisotopic (exact) mass is 303 g/mol. The fourth-order valence-electron chi connectivity index (χ4n) is 2.65. The van der Waals surface area contributed by atoms with Gasteiger partial charge in [-0.25, -0.2) is 0 Å². The predicted molar refractivity (Wildman–Crippen MR) is 85.8 cm³/mol. The molecule has 1 amide bonds. The van der Waals surface area contributed by atoms with Gasteiger partial charge >= 0.3 is 5.97 Å². The van der Waals surface area contributed by atoms with Crippen LogP contribution in [0.2, 0.25) is 0 Å². The zero-order valence-electron chi connectivity index (χ0n) is 13.7. The van der Waals surface area contributed by atoms with Crippen molar-refractivity contribution in [1.29, 1.82) is 0 Å². The fourth-order valence-corrected chi connectivity index (χ4v) is 2.65. The molecule has 4 nitrogen and oxygen atoms in total. The maximum atomic E-state index is 12.2. The zero-order valence-corrected chi connectivity index (χ0v) is 13.7. The lowest BCUT2D eigenvalue weighted by atomic mass is 9.99. The Morgan fingerprint density at radius 1 is 1.14 bits per heavy atom. The minimum atomic E-state index is -0.885. The van der Waals surface area contributed by atoms with Crippen LogP contribution >= 0.6 is 0 Å². The van der Waals surface area contributed by atoms with Crippen LogP contribution < -0.4 is 5.32 Å². The Balaban J connectivity index is 1.91. The van der Waals surface area contributed by atoms with E-state index in [2.05, 4.69) is 43.4 Å². The van der Waals surface area contributed by atoms with Gasteiger partial charge in [-0.15, -0.1) is 0 Å². The zero-order chi connectivity index (χ0) is 16.4. The molecule has 2 N–H and O–H groups in total. The highest BCUT2D eigenvalue weighted by Crippen LogP contribution is 2.47. The summed E-state index contributed by atoms with van der Waals surface area (Å²) in [6.07, 6.45) is 0.848. The third-order valence-corrected chi connectivity index (χ3v) is 4.67. The lowest BCUT2D eigenvalue weighted by Gasteiger charge is -2.17. The SMILES string of the molecule is CC(C)c1ccc(C2CC2C(=O)NC(C)C(C)C(=O)O)cc1. The van der Waals surface area contributed by atoms with Crippen LogP contribution in [0.25, 0.3) is 0 Å². The van der Waals surface area contributed by atoms with E-state index in [0.29, 0.717) is 5.92 Å². The van der Waals surface area contributed by atoms with Crippen molar-refractivity contribution >= 4 is 11.9 Å². The maximum Gasteiger partial charge on any atom is 0.308 e. The first-order valence-electron chi connectivity index (χ1n) is 7.94. The average molecular weight is 303 g/mol. The molecule has 22 heavy (non-hydrogen) atoms. The number of carboxylic acids is 1. The molecule has 1 aliphatic carbocycles. The van der Waals surface area contributed by atoms with E-state index in [9.17, 15) is 9.59 Å². The summed E-state index contributed by atoms with van der Waals surface area (Å²) >= 11 is 0. The van der Waals surface area contributed by atoms with E-state index in [-0.39, 0.29) is 23.8 Å². The molecule has 2 rings (SSSR count). The van der Waals surface area contributed by atoms with Crippen molar-refractivity contribution < 1.29 is 14.7 Å². The van der Waals surface area contributed by atoms with Gasteiger partial charge in [-0.2, -0.15) is 0 Å². The van der Waals surface area contributed by atoms with Crippen molar-refractivity contribution in [3.63, 3.8) is 0 Å². The normalized spacial score (nSPS) is 23.0. The molecule has 4 unspecified atom stereocenters. The summed E-state index contributed by atoms with van der Waals surface area (Å²) in [6, 6.07) is 8.12. The summed E-state index contributed by atoms with van der Waals surface area (Å²) in [5.41, 5.74) is 2.50. The Morgan fingerprint density at radius 3 is 2.23 bits per heavy atom. The number of carbonyl (C=O) groups excluding carboxylic acids is 1. The molecule has 0 saturated heterocycles. The molecule has 4 atom stereocenters. The summed E-state index contributed by atoms with van der Waals surface area (Å²) in [6.45, 7) is 7.68. The standard InChI is InChI=1S/C18H25NO3/c1-10(2)13-5-7-14(8-6-13)15-9-16(15)17(20)19-12(4)11(3)18(21)22/h5-8,10-12,15-16H,9H2,1-4H3,(H,19,20)(H,21,22). The molecule has 4 heteroatoms. The van der Waals surface area contributed by atoms with Crippen LogP contribution in [-0.4, -0.2) is 23.0 Å². The molecule has 1 fully saturated rings. The summed E-state index contributed by atoms with van der Waals surface area (Å²) < 4.78 is 0. The molecule has 0 radical (unpaired) electrons. The molecule has 1 aromatic carbocycles. The van der Waals surface area contributed by atoms with Crippen LogP contribution in [0.15, 0.2) is 24.3 Å². The van der Waals surface area contributed by atoms with Crippen LogP contribution in [-0.2, 0) is 9.59 Å². The number of carbonyl (C=O) groups is 2. The Bertz CT molecular complexity index is 550. The molecule has 0 spiro atoms. The van der Waals surface area contributed by atoms with Crippen molar-refractivity contribution in [3.05, 3.63) is 35.4 Å². The number of carboxylic acid groups (broad SMARTS) is 1. The molecule has 1 aromatic rings. The quantitative estimate of drug-likeness (QED) is 0.848. The van der Waals surface area contributed by atoms with E-state index in [4.69, 9.17) is 5.11 Å². The Hall–Kier alpha value is -1.84. The number of hydrogen-bond donors (Lipinski definition) is 2. The van der Waals surface area contributed by atoms with Gasteiger partial charge in [0.1, 0.15) is 0 Å². The van der Waals surface area contributed by atoms with Crippen molar-refractivity contribution in [3.8, 4) is 0 Å². The Morgan fingerprint density at radius 2 is 1.73 bits per heavy atom. The van der Waals surface area contributed by atoms with E-state index >= 15 is 0 Å². The first-order chi connectivity index (χ1) is 10.3. The van der Waals surface area contributed by atoms with E-state index < -0.39 is 11.9 Å². The van der Waals surface area contributed by atoms with Gasteiger partial charge in [-0.05, 0) is 43.2 Å². The van der Waals surface area contributed by atoms with Crippen LogP contribution in [0.1, 0.15) is 57.1 Å². The third kappa shape index (κ3) is 3.67. The highest BCUT2D eigenvalue weighted by Gasteiger charge is 2.44. The number of rotatable bonds is 6. The minimum Gasteiger partial charge on any atom is -0.481 e. The molecular weight excluding hydrogens is 278 g/mol. The first kappa shape index (κ1) is 16.5. The lowest BCUT2D eigenvalue weighted by molar-refractivity contribution is -0.142. The highest BCUT2D eigenvalue weighted by atomic mass is 16.4. The Labute approximate surface area is 131 Å². The molecule has 0 aromatic heterocycles. The first-order valence-corrected chi connectivity index (χ1v) is 7.94. The van der Waals surface area contributed by atoms with Gasteiger partial charge in [-0.1, -0.05) is 38.1 Å². The van der Waals surface area contributed by atoms with Gasteiger partial charge in [-0.3, -0.25) is 9.59 Å². The van der Waals surface area contributed by atoms with Crippen molar-refractivity contribution in [2.75, 3.05) is 0 Å². The molecule has 120 valence electrons. The average Bonchev–Trinajstić information content (AvgIpc) is 3.26. The summed E-state index contributed by atoms with van der Waals surface area (Å²) in [4.78, 5) is 23.1. The maximum absolute atomic E-state index is 12.2. The number of aliphatic carboxylic acids is 1. The number of benzene rings is 1. The second kappa shape index (κ2) is 6.51. The van der Waals surface area contributed by atoms with Crippen molar-refractivity contribution in [2.45, 2.75) is 52.0 Å². The van der Waals surface area contributed by atoms with E-state index in [0.717, 1.165) is 6.42 Å². The second-order valence-electron chi connectivity index (χ2n) is 6.69. The third-order valence-electron chi connectivity index (χ3n) is 4.67. The summed E-state index contributed by atoms with van der Waals surface area (Å²) in [5, 5.41) is 11.8. The molecule has 1 aliphatic rings.